The van der Waals surface area contributed by atoms with Crippen molar-refractivity contribution in [1.29, 1.82) is 0 Å². The maximum Gasteiger partial charge on any atom is 0.222 e. The molecule has 2 N–H and O–H groups in total. The molecular weight excluding hydrogens is 304 g/mol. The van der Waals surface area contributed by atoms with Gasteiger partial charge < -0.3 is 10.6 Å². The number of anilines is 1. The van der Waals surface area contributed by atoms with Gasteiger partial charge in [-0.2, -0.15) is 0 Å². The van der Waals surface area contributed by atoms with E-state index in [0.29, 0.717) is 18.5 Å². The molecule has 2 rings (SSSR count). The van der Waals surface area contributed by atoms with Gasteiger partial charge in [0.25, 0.3) is 0 Å². The molecule has 22 heavy (non-hydrogen) atoms. The summed E-state index contributed by atoms with van der Waals surface area (Å²) in [5.74, 6) is 0.0459. The number of Topliss-reactive ketones (excluding diaryl/α,β-unsaturated/α-hetero) is 1. The van der Waals surface area contributed by atoms with E-state index in [1.165, 1.54) is 6.92 Å². The van der Waals surface area contributed by atoms with E-state index in [0.717, 1.165) is 5.69 Å². The topological polar surface area (TPSA) is 92.3 Å². The Bertz CT molecular complexity index is 653. The second-order valence-electron chi connectivity index (χ2n) is 5.48. The van der Waals surface area contributed by atoms with Crippen LogP contribution in [0.4, 0.5) is 5.69 Å². The molecule has 1 aliphatic rings. The Balaban J connectivity index is 1.72. The molecule has 0 radical (unpaired) electrons. The van der Waals surface area contributed by atoms with Crippen molar-refractivity contribution in [3.63, 3.8) is 0 Å². The zero-order chi connectivity index (χ0) is 16.2. The monoisotopic (exact) mass is 324 g/mol. The fourth-order valence-electron chi connectivity index (χ4n) is 2.35. The highest BCUT2D eigenvalue weighted by molar-refractivity contribution is 7.91. The predicted octanol–water partition coefficient (Wildman–Crippen LogP) is 0.994. The van der Waals surface area contributed by atoms with Gasteiger partial charge in [0, 0.05) is 30.3 Å². The summed E-state index contributed by atoms with van der Waals surface area (Å²) >= 11 is 0. The van der Waals surface area contributed by atoms with Gasteiger partial charge in [-0.25, -0.2) is 8.42 Å². The lowest BCUT2D eigenvalue weighted by molar-refractivity contribution is -0.121. The van der Waals surface area contributed by atoms with Gasteiger partial charge in [-0.3, -0.25) is 9.59 Å². The van der Waals surface area contributed by atoms with Crippen LogP contribution >= 0.6 is 0 Å². The summed E-state index contributed by atoms with van der Waals surface area (Å²) in [4.78, 5) is 22.9. The van der Waals surface area contributed by atoms with Gasteiger partial charge >= 0.3 is 0 Å². The quantitative estimate of drug-likeness (QED) is 0.762. The number of ketones is 1. The summed E-state index contributed by atoms with van der Waals surface area (Å²) in [5, 5.41) is 5.83. The van der Waals surface area contributed by atoms with Crippen molar-refractivity contribution in [1.82, 2.24) is 5.32 Å². The number of amides is 1. The summed E-state index contributed by atoms with van der Waals surface area (Å²) in [6, 6.07) is 6.78. The molecule has 1 aliphatic heterocycles. The molecule has 1 fully saturated rings. The van der Waals surface area contributed by atoms with Crippen LogP contribution in [0.2, 0.25) is 0 Å². The van der Waals surface area contributed by atoms with E-state index >= 15 is 0 Å². The molecule has 0 aromatic heterocycles. The van der Waals surface area contributed by atoms with Crippen LogP contribution in [0.25, 0.3) is 0 Å². The van der Waals surface area contributed by atoms with E-state index in [9.17, 15) is 18.0 Å². The van der Waals surface area contributed by atoms with E-state index < -0.39 is 9.84 Å². The first-order chi connectivity index (χ1) is 10.4. The SMILES string of the molecule is CC(=O)c1ccc(NCCC(=O)NC2CCS(=O)(=O)C2)cc1. The number of benzene rings is 1. The lowest BCUT2D eigenvalue weighted by Crippen LogP contribution is -2.36. The maximum absolute atomic E-state index is 11.8. The molecule has 1 atom stereocenters. The van der Waals surface area contributed by atoms with Crippen LogP contribution in [0.5, 0.6) is 0 Å². The van der Waals surface area contributed by atoms with Gasteiger partial charge in [0.2, 0.25) is 5.91 Å². The molecule has 0 saturated carbocycles. The Hall–Kier alpha value is -1.89. The third-order valence-corrected chi connectivity index (χ3v) is 5.34. The summed E-state index contributed by atoms with van der Waals surface area (Å²) in [6.45, 7) is 1.96. The second-order valence-corrected chi connectivity index (χ2v) is 7.71. The first-order valence-corrected chi connectivity index (χ1v) is 9.02. The van der Waals surface area contributed by atoms with Gasteiger partial charge in [-0.15, -0.1) is 0 Å². The van der Waals surface area contributed by atoms with Crippen molar-refractivity contribution in [2.45, 2.75) is 25.8 Å². The molecule has 120 valence electrons. The second kappa shape index (κ2) is 6.91. The van der Waals surface area contributed by atoms with Crippen LogP contribution < -0.4 is 10.6 Å². The fourth-order valence-corrected chi connectivity index (χ4v) is 4.03. The minimum absolute atomic E-state index is 0.0115. The van der Waals surface area contributed by atoms with Crippen molar-refractivity contribution in [3.05, 3.63) is 29.8 Å². The zero-order valence-corrected chi connectivity index (χ0v) is 13.3. The van der Waals surface area contributed by atoms with E-state index in [2.05, 4.69) is 10.6 Å². The summed E-state index contributed by atoms with van der Waals surface area (Å²) in [7, 11) is -2.97. The van der Waals surface area contributed by atoms with Crippen molar-refractivity contribution in [3.8, 4) is 0 Å². The van der Waals surface area contributed by atoms with Crippen LogP contribution in [0, 0.1) is 0 Å². The molecule has 1 aromatic carbocycles. The van der Waals surface area contributed by atoms with E-state index in [4.69, 9.17) is 0 Å². The molecule has 1 heterocycles. The van der Waals surface area contributed by atoms with E-state index in [-0.39, 0.29) is 35.7 Å². The maximum atomic E-state index is 11.8. The first-order valence-electron chi connectivity index (χ1n) is 7.20. The van der Waals surface area contributed by atoms with Crippen molar-refractivity contribution >= 4 is 27.2 Å². The first kappa shape index (κ1) is 16.5. The number of hydrogen-bond donors (Lipinski definition) is 2. The number of sulfone groups is 1. The van der Waals surface area contributed by atoms with Crippen LogP contribution in [0.15, 0.2) is 24.3 Å². The van der Waals surface area contributed by atoms with Crippen LogP contribution in [-0.2, 0) is 14.6 Å². The van der Waals surface area contributed by atoms with Crippen molar-refractivity contribution in [2.75, 3.05) is 23.4 Å². The normalized spacial score (nSPS) is 19.6. The lowest BCUT2D eigenvalue weighted by Gasteiger charge is -2.11. The molecule has 6 nitrogen and oxygen atoms in total. The molecule has 7 heteroatoms. The molecule has 1 unspecified atom stereocenters. The molecular formula is C15H20N2O4S. The number of carbonyl (C=O) groups is 2. The summed E-state index contributed by atoms with van der Waals surface area (Å²) in [5.41, 5.74) is 1.48. The zero-order valence-electron chi connectivity index (χ0n) is 12.5. The summed E-state index contributed by atoms with van der Waals surface area (Å²) < 4.78 is 22.6. The molecule has 0 bridgehead atoms. The molecule has 1 saturated heterocycles. The standard InChI is InChI=1S/C15H20N2O4S/c1-11(18)12-2-4-13(5-3-12)16-8-6-15(19)17-14-7-9-22(20,21)10-14/h2-5,14,16H,6-10H2,1H3,(H,17,19). The number of hydrogen-bond acceptors (Lipinski definition) is 5. The number of carbonyl (C=O) groups excluding carboxylic acids is 2. The highest BCUT2D eigenvalue weighted by Crippen LogP contribution is 2.12. The minimum atomic E-state index is -2.97. The number of nitrogens with one attached hydrogen (secondary N) is 2. The highest BCUT2D eigenvalue weighted by atomic mass is 32.2. The van der Waals surface area contributed by atoms with Crippen molar-refractivity contribution in [2.24, 2.45) is 0 Å². The molecule has 1 amide bonds. The number of rotatable bonds is 6. The van der Waals surface area contributed by atoms with E-state index in [1.54, 1.807) is 24.3 Å². The Labute approximate surface area is 130 Å². The van der Waals surface area contributed by atoms with Gasteiger partial charge in [-0.1, -0.05) is 0 Å². The Morgan fingerprint density at radius 2 is 1.91 bits per heavy atom. The average Bonchev–Trinajstić information content (AvgIpc) is 2.78. The van der Waals surface area contributed by atoms with E-state index in [1.807, 2.05) is 0 Å². The predicted molar refractivity (Wildman–Crippen MR) is 84.8 cm³/mol. The van der Waals surface area contributed by atoms with Crippen LogP contribution in [0.3, 0.4) is 0 Å². The molecule has 1 aromatic rings. The Morgan fingerprint density at radius 3 is 2.45 bits per heavy atom. The van der Waals surface area contributed by atoms with Gasteiger partial charge in [-0.05, 0) is 37.6 Å². The largest absolute Gasteiger partial charge is 0.385 e. The van der Waals surface area contributed by atoms with Gasteiger partial charge in [0.05, 0.1) is 11.5 Å². The fraction of sp³-hybridized carbons (Fsp3) is 0.467. The summed E-state index contributed by atoms with van der Waals surface area (Å²) in [6.07, 6.45) is 0.763. The van der Waals surface area contributed by atoms with Crippen LogP contribution in [0.1, 0.15) is 30.1 Å². The minimum Gasteiger partial charge on any atom is -0.385 e. The average molecular weight is 324 g/mol. The van der Waals surface area contributed by atoms with Crippen LogP contribution in [-0.4, -0.2) is 44.2 Å². The van der Waals surface area contributed by atoms with Gasteiger partial charge in [0.15, 0.2) is 15.6 Å². The highest BCUT2D eigenvalue weighted by Gasteiger charge is 2.28. The van der Waals surface area contributed by atoms with Crippen molar-refractivity contribution < 1.29 is 18.0 Å². The lowest BCUT2D eigenvalue weighted by atomic mass is 10.1. The Kier molecular flexibility index (Phi) is 5.18. The molecule has 0 aliphatic carbocycles. The Morgan fingerprint density at radius 1 is 1.23 bits per heavy atom. The third-order valence-electron chi connectivity index (χ3n) is 3.57. The van der Waals surface area contributed by atoms with Gasteiger partial charge in [0.1, 0.15) is 0 Å². The third kappa shape index (κ3) is 4.84. The molecule has 0 spiro atoms. The smallest absolute Gasteiger partial charge is 0.222 e.